The minimum Gasteiger partial charge on any atom is -1.00 e. The predicted molar refractivity (Wildman–Crippen MR) is 55.8 cm³/mol. The second-order valence-electron chi connectivity index (χ2n) is 4.36. The molecule has 1 aliphatic heterocycles. The van der Waals surface area contributed by atoms with E-state index < -0.39 is 0 Å². The van der Waals surface area contributed by atoms with E-state index in [1.54, 1.807) is 0 Å². The fraction of sp³-hybridized carbons (Fsp3) is 0.455. The molecule has 0 amide bonds. The zero-order valence-electron chi connectivity index (χ0n) is 9.05. The first-order valence-electron chi connectivity index (χ1n) is 4.36. The molecule has 1 aliphatic carbocycles. The van der Waals surface area contributed by atoms with Gasteiger partial charge < -0.3 is 24.8 Å². The minimum absolute atomic E-state index is 0. The molecule has 0 nitrogen and oxygen atoms in total. The normalized spacial score (nSPS) is 21.7. The van der Waals surface area contributed by atoms with E-state index in [-0.39, 0.29) is 51.0 Å². The van der Waals surface area contributed by atoms with Crippen LogP contribution < -0.4 is 24.8 Å². The molecule has 4 heteroatoms. The van der Waals surface area contributed by atoms with E-state index in [2.05, 4.69) is 45.1 Å². The largest absolute Gasteiger partial charge is 2.00 e. The monoisotopic (exact) mass is 338 g/mol. The molecule has 2 aliphatic rings. The van der Waals surface area contributed by atoms with Crippen LogP contribution >= 0.6 is 11.8 Å². The summed E-state index contributed by atoms with van der Waals surface area (Å²) in [6.07, 6.45) is 9.04. The summed E-state index contributed by atoms with van der Waals surface area (Å²) in [7, 11) is 0. The van der Waals surface area contributed by atoms with Crippen molar-refractivity contribution in [3.8, 4) is 0 Å². The zero-order valence-corrected chi connectivity index (χ0v) is 13.8. The topological polar surface area (TPSA) is 0 Å². The van der Waals surface area contributed by atoms with Crippen molar-refractivity contribution < 1.29 is 51.0 Å². The Kier molecular flexibility index (Phi) is 8.21. The van der Waals surface area contributed by atoms with Crippen molar-refractivity contribution in [2.24, 2.45) is 11.3 Å². The van der Waals surface area contributed by atoms with Gasteiger partial charge in [0.1, 0.15) is 0 Å². The van der Waals surface area contributed by atoms with Crippen LogP contribution in [0.1, 0.15) is 20.8 Å². The van der Waals surface area contributed by atoms with Crippen molar-refractivity contribution in [2.45, 2.75) is 20.8 Å². The van der Waals surface area contributed by atoms with Gasteiger partial charge in [0, 0.05) is 10.8 Å². The molecule has 15 heavy (non-hydrogen) atoms. The fourth-order valence-electron chi connectivity index (χ4n) is 1.44. The van der Waals surface area contributed by atoms with Gasteiger partial charge >= 0.3 is 26.2 Å². The van der Waals surface area contributed by atoms with Gasteiger partial charge in [0.15, 0.2) is 0 Å². The first-order chi connectivity index (χ1) is 5.57. The van der Waals surface area contributed by atoms with Crippen molar-refractivity contribution in [3.05, 3.63) is 34.1 Å². The number of rotatable bonds is 0. The van der Waals surface area contributed by atoms with E-state index in [0.29, 0.717) is 11.3 Å². The molecule has 0 radical (unpaired) electrons. The van der Waals surface area contributed by atoms with Gasteiger partial charge in [-0.2, -0.15) is 0 Å². The first-order valence-corrected chi connectivity index (χ1v) is 5.17. The summed E-state index contributed by atoms with van der Waals surface area (Å²) in [5.41, 5.74) is 0.323. The van der Waals surface area contributed by atoms with E-state index in [1.807, 2.05) is 11.8 Å². The quantitative estimate of drug-likeness (QED) is 0.480. The number of halogens is 2. The molecule has 1 atom stereocenters. The van der Waals surface area contributed by atoms with Crippen molar-refractivity contribution in [1.82, 2.24) is 0 Å². The van der Waals surface area contributed by atoms with Gasteiger partial charge in [0.25, 0.3) is 0 Å². The Morgan fingerprint density at radius 3 is 2.27 bits per heavy atom. The Labute approximate surface area is 128 Å². The molecule has 0 spiro atoms. The average molecular weight is 340 g/mol. The molecule has 0 aromatic carbocycles. The maximum atomic E-state index is 2.39. The molecular weight excluding hydrogens is 326 g/mol. The minimum atomic E-state index is 0. The summed E-state index contributed by atoms with van der Waals surface area (Å²) in [6, 6.07) is 0. The number of allylic oxidation sites excluding steroid dienone is 6. The van der Waals surface area contributed by atoms with E-state index in [1.165, 1.54) is 9.81 Å². The van der Waals surface area contributed by atoms with Crippen LogP contribution in [0.3, 0.4) is 0 Å². The van der Waals surface area contributed by atoms with Gasteiger partial charge in [0.2, 0.25) is 0 Å². The van der Waals surface area contributed by atoms with E-state index in [4.69, 9.17) is 0 Å². The third-order valence-electron chi connectivity index (χ3n) is 2.21. The van der Waals surface area contributed by atoms with Crippen molar-refractivity contribution in [1.29, 1.82) is 0 Å². The molecule has 1 unspecified atom stereocenters. The van der Waals surface area contributed by atoms with Crippen LogP contribution in [0, 0.1) is 11.3 Å². The molecule has 0 bridgehead atoms. The standard InChI is InChI=1S/C11H14S.2ClH.Zr/c1-11(2,3)10-7-8-5-4-6-9(8)12-10;;;/h4-8H,1-3H3;2*1H;/q;;;+2/p-2. The average Bonchev–Trinajstić information content (AvgIpc) is 2.37. The van der Waals surface area contributed by atoms with Crippen molar-refractivity contribution >= 4 is 11.8 Å². The van der Waals surface area contributed by atoms with Crippen LogP contribution in [0.2, 0.25) is 0 Å². The van der Waals surface area contributed by atoms with Crippen LogP contribution in [-0.2, 0) is 26.2 Å². The summed E-state index contributed by atoms with van der Waals surface area (Å²) >= 11 is 1.95. The number of hydrogen-bond acceptors (Lipinski definition) is 1. The second-order valence-corrected chi connectivity index (χ2v) is 5.48. The van der Waals surface area contributed by atoms with Crippen LogP contribution in [-0.4, -0.2) is 0 Å². The van der Waals surface area contributed by atoms with Gasteiger partial charge in [-0.15, -0.1) is 0 Å². The predicted octanol–water partition coefficient (Wildman–Crippen LogP) is -2.26. The van der Waals surface area contributed by atoms with E-state index in [0.717, 1.165) is 0 Å². The number of thioether (sulfide) groups is 1. The third-order valence-corrected chi connectivity index (χ3v) is 3.82. The summed E-state index contributed by atoms with van der Waals surface area (Å²) in [5.74, 6) is 0.601. The molecule has 0 N–H and O–H groups in total. The maximum Gasteiger partial charge on any atom is 2.00 e. The summed E-state index contributed by atoms with van der Waals surface area (Å²) < 4.78 is 0. The Balaban J connectivity index is 0. The van der Waals surface area contributed by atoms with Gasteiger partial charge in [-0.3, -0.25) is 0 Å². The molecule has 1 heterocycles. The summed E-state index contributed by atoms with van der Waals surface area (Å²) in [5, 5.41) is 0. The summed E-state index contributed by atoms with van der Waals surface area (Å²) in [4.78, 5) is 3.02. The zero-order chi connectivity index (χ0) is 8.77. The van der Waals surface area contributed by atoms with E-state index >= 15 is 0 Å². The number of fused-ring (bicyclic) bond motifs is 1. The molecular formula is C11H14Cl2SZr. The first kappa shape index (κ1) is 18.4. The van der Waals surface area contributed by atoms with Crippen LogP contribution in [0.25, 0.3) is 0 Å². The fourth-order valence-corrected chi connectivity index (χ4v) is 2.65. The molecule has 2 rings (SSSR count). The van der Waals surface area contributed by atoms with E-state index in [9.17, 15) is 0 Å². The molecule has 0 saturated carbocycles. The Hall–Kier alpha value is 1.03. The SMILES string of the molecule is CC(C)(C)C1=CC2C=CC=C2S1.[Cl-].[Cl-].[Zr+2]. The summed E-state index contributed by atoms with van der Waals surface area (Å²) in [6.45, 7) is 6.82. The van der Waals surface area contributed by atoms with Crippen LogP contribution in [0.15, 0.2) is 34.1 Å². The smallest absolute Gasteiger partial charge is 1.00 e. The molecule has 0 fully saturated rings. The Bertz CT molecular complexity index is 300. The third kappa shape index (κ3) is 4.07. The van der Waals surface area contributed by atoms with Crippen molar-refractivity contribution in [2.75, 3.05) is 0 Å². The molecule has 0 saturated heterocycles. The second kappa shape index (κ2) is 6.69. The molecule has 0 aromatic rings. The Morgan fingerprint density at radius 2 is 1.80 bits per heavy atom. The molecule has 0 aromatic heterocycles. The van der Waals surface area contributed by atoms with Gasteiger partial charge in [-0.25, -0.2) is 0 Å². The van der Waals surface area contributed by atoms with Crippen LogP contribution in [0.4, 0.5) is 0 Å². The Morgan fingerprint density at radius 1 is 1.20 bits per heavy atom. The van der Waals surface area contributed by atoms with Crippen molar-refractivity contribution in [3.63, 3.8) is 0 Å². The maximum absolute atomic E-state index is 2.39. The van der Waals surface area contributed by atoms with Gasteiger partial charge in [0.05, 0.1) is 0 Å². The van der Waals surface area contributed by atoms with Crippen LogP contribution in [0.5, 0.6) is 0 Å². The molecule has 82 valence electrons. The number of hydrogen-bond donors (Lipinski definition) is 0. The van der Waals surface area contributed by atoms with Gasteiger partial charge in [-0.05, 0) is 10.3 Å². The van der Waals surface area contributed by atoms with Gasteiger partial charge in [-0.1, -0.05) is 56.8 Å².